The molecular weight excluding hydrogens is 265 g/mol. The Morgan fingerprint density at radius 2 is 1.90 bits per heavy atom. The highest BCUT2D eigenvalue weighted by molar-refractivity contribution is 5.25. The summed E-state index contributed by atoms with van der Waals surface area (Å²) in [6, 6.07) is 5.45. The van der Waals surface area contributed by atoms with Crippen LogP contribution in [0, 0.1) is 5.82 Å². The van der Waals surface area contributed by atoms with Crippen molar-refractivity contribution < 1.29 is 4.39 Å². The first kappa shape index (κ1) is 18.1. The first-order chi connectivity index (χ1) is 10.1. The van der Waals surface area contributed by atoms with Gasteiger partial charge in [0.2, 0.25) is 0 Å². The maximum atomic E-state index is 14.0. The molecule has 1 aromatic carbocycles. The Bertz CT molecular complexity index is 407. The molecule has 0 aliphatic carbocycles. The number of halogens is 1. The zero-order chi connectivity index (χ0) is 15.7. The number of hydrogen-bond donors (Lipinski definition) is 1. The molecule has 3 nitrogen and oxygen atoms in total. The molecule has 0 saturated heterocycles. The summed E-state index contributed by atoms with van der Waals surface area (Å²) in [4.78, 5) is 4.49. The van der Waals surface area contributed by atoms with Crippen LogP contribution in [0.1, 0.15) is 31.4 Å². The lowest BCUT2D eigenvalue weighted by atomic mass is 10.1. The van der Waals surface area contributed by atoms with E-state index in [2.05, 4.69) is 43.1 Å². The van der Waals surface area contributed by atoms with Crippen LogP contribution in [-0.2, 0) is 13.1 Å². The van der Waals surface area contributed by atoms with Crippen LogP contribution in [0.25, 0.3) is 0 Å². The van der Waals surface area contributed by atoms with E-state index in [1.807, 2.05) is 12.1 Å². The Morgan fingerprint density at radius 3 is 2.52 bits per heavy atom. The molecule has 120 valence electrons. The first-order valence-electron chi connectivity index (χ1n) is 7.91. The van der Waals surface area contributed by atoms with Crippen molar-refractivity contribution in [1.82, 2.24) is 15.1 Å². The summed E-state index contributed by atoms with van der Waals surface area (Å²) in [6.45, 7) is 9.66. The molecule has 0 bridgehead atoms. The van der Waals surface area contributed by atoms with Crippen LogP contribution in [0.15, 0.2) is 18.2 Å². The predicted octanol–water partition coefficient (Wildman–Crippen LogP) is 2.71. The summed E-state index contributed by atoms with van der Waals surface area (Å²) in [7, 11) is 4.17. The van der Waals surface area contributed by atoms with Crippen molar-refractivity contribution in [1.29, 1.82) is 0 Å². The second-order valence-corrected chi connectivity index (χ2v) is 5.73. The fraction of sp³-hybridized carbons (Fsp3) is 0.647. The fourth-order valence-corrected chi connectivity index (χ4v) is 2.33. The van der Waals surface area contributed by atoms with Crippen LogP contribution in [0.3, 0.4) is 0 Å². The normalized spacial score (nSPS) is 11.6. The average molecular weight is 295 g/mol. The highest BCUT2D eigenvalue weighted by atomic mass is 19.1. The molecule has 0 aliphatic heterocycles. The number of nitrogens with one attached hydrogen (secondary N) is 1. The molecule has 1 N–H and O–H groups in total. The lowest BCUT2D eigenvalue weighted by Crippen LogP contribution is -2.27. The van der Waals surface area contributed by atoms with E-state index in [1.54, 1.807) is 6.07 Å². The van der Waals surface area contributed by atoms with Gasteiger partial charge < -0.3 is 10.2 Å². The van der Waals surface area contributed by atoms with Crippen molar-refractivity contribution in [2.45, 2.75) is 33.4 Å². The van der Waals surface area contributed by atoms with Gasteiger partial charge in [0.25, 0.3) is 0 Å². The Labute approximate surface area is 129 Å². The van der Waals surface area contributed by atoms with E-state index in [9.17, 15) is 4.39 Å². The number of rotatable bonds is 10. The molecule has 1 aromatic rings. The molecule has 0 saturated carbocycles. The third kappa shape index (κ3) is 7.02. The minimum absolute atomic E-state index is 0.0960. The minimum atomic E-state index is -0.0960. The molecule has 0 aromatic heterocycles. The van der Waals surface area contributed by atoms with Gasteiger partial charge in [0.1, 0.15) is 5.82 Å². The monoisotopic (exact) mass is 295 g/mol. The average Bonchev–Trinajstić information content (AvgIpc) is 2.46. The van der Waals surface area contributed by atoms with E-state index >= 15 is 0 Å². The predicted molar refractivity (Wildman–Crippen MR) is 87.9 cm³/mol. The highest BCUT2D eigenvalue weighted by Gasteiger charge is 2.09. The van der Waals surface area contributed by atoms with Crippen molar-refractivity contribution in [2.24, 2.45) is 0 Å². The van der Waals surface area contributed by atoms with E-state index in [4.69, 9.17) is 0 Å². The zero-order valence-electron chi connectivity index (χ0n) is 14.0. The molecule has 0 spiro atoms. The molecule has 0 amide bonds. The Kier molecular flexibility index (Phi) is 8.50. The summed E-state index contributed by atoms with van der Waals surface area (Å²) in [5.74, 6) is -0.0960. The van der Waals surface area contributed by atoms with Crippen LogP contribution in [0.2, 0.25) is 0 Å². The zero-order valence-corrected chi connectivity index (χ0v) is 14.0. The van der Waals surface area contributed by atoms with Crippen LogP contribution >= 0.6 is 0 Å². The smallest absolute Gasteiger partial charge is 0.127 e. The van der Waals surface area contributed by atoms with Gasteiger partial charge in [-0.25, -0.2) is 4.39 Å². The molecule has 0 atom stereocenters. The van der Waals surface area contributed by atoms with E-state index in [0.717, 1.165) is 50.3 Å². The topological polar surface area (TPSA) is 18.5 Å². The van der Waals surface area contributed by atoms with Gasteiger partial charge in [0, 0.05) is 18.7 Å². The van der Waals surface area contributed by atoms with E-state index in [0.29, 0.717) is 6.54 Å². The lowest BCUT2D eigenvalue weighted by Gasteiger charge is -2.22. The van der Waals surface area contributed by atoms with Gasteiger partial charge in [0.15, 0.2) is 0 Å². The Morgan fingerprint density at radius 1 is 1.14 bits per heavy atom. The SMILES string of the molecule is CCNCc1ccc(F)c(CN(CC)CCCN(C)C)c1. The molecule has 21 heavy (non-hydrogen) atoms. The van der Waals surface area contributed by atoms with Crippen molar-refractivity contribution >= 4 is 0 Å². The van der Waals surface area contributed by atoms with Gasteiger partial charge in [-0.05, 0) is 58.3 Å². The van der Waals surface area contributed by atoms with Crippen molar-refractivity contribution in [3.63, 3.8) is 0 Å². The fourth-order valence-electron chi connectivity index (χ4n) is 2.33. The van der Waals surface area contributed by atoms with Gasteiger partial charge in [-0.3, -0.25) is 4.90 Å². The van der Waals surface area contributed by atoms with Gasteiger partial charge in [-0.2, -0.15) is 0 Å². The molecule has 0 radical (unpaired) electrons. The maximum Gasteiger partial charge on any atom is 0.127 e. The standard InChI is InChI=1S/C17H30FN3/c1-5-19-13-15-8-9-17(18)16(12-15)14-21(6-2)11-7-10-20(3)4/h8-9,12,19H,5-7,10-11,13-14H2,1-4H3. The lowest BCUT2D eigenvalue weighted by molar-refractivity contribution is 0.256. The largest absolute Gasteiger partial charge is 0.313 e. The Balaban J connectivity index is 2.61. The summed E-state index contributed by atoms with van der Waals surface area (Å²) in [5.41, 5.74) is 1.95. The van der Waals surface area contributed by atoms with Crippen LogP contribution in [0.5, 0.6) is 0 Å². The molecular formula is C17H30FN3. The molecule has 1 rings (SSSR count). The summed E-state index contributed by atoms with van der Waals surface area (Å²) in [6.07, 6.45) is 1.11. The van der Waals surface area contributed by atoms with Gasteiger partial charge in [-0.15, -0.1) is 0 Å². The number of benzene rings is 1. The van der Waals surface area contributed by atoms with Crippen molar-refractivity contribution in [2.75, 3.05) is 40.3 Å². The molecule has 0 unspecified atom stereocenters. The van der Waals surface area contributed by atoms with Crippen LogP contribution in [-0.4, -0.2) is 50.1 Å². The second kappa shape index (κ2) is 9.87. The number of hydrogen-bond acceptors (Lipinski definition) is 3. The van der Waals surface area contributed by atoms with Crippen LogP contribution in [0.4, 0.5) is 4.39 Å². The van der Waals surface area contributed by atoms with Gasteiger partial charge in [0.05, 0.1) is 0 Å². The third-order valence-electron chi connectivity index (χ3n) is 3.61. The summed E-state index contributed by atoms with van der Waals surface area (Å²) in [5, 5.41) is 3.28. The van der Waals surface area contributed by atoms with E-state index < -0.39 is 0 Å². The maximum absolute atomic E-state index is 14.0. The molecule has 4 heteroatoms. The quantitative estimate of drug-likeness (QED) is 0.716. The minimum Gasteiger partial charge on any atom is -0.313 e. The summed E-state index contributed by atoms with van der Waals surface area (Å²) < 4.78 is 14.0. The first-order valence-corrected chi connectivity index (χ1v) is 7.91. The third-order valence-corrected chi connectivity index (χ3v) is 3.61. The number of nitrogens with zero attached hydrogens (tertiary/aromatic N) is 2. The van der Waals surface area contributed by atoms with Gasteiger partial charge in [-0.1, -0.05) is 26.0 Å². The van der Waals surface area contributed by atoms with E-state index in [-0.39, 0.29) is 5.82 Å². The van der Waals surface area contributed by atoms with E-state index in [1.165, 1.54) is 0 Å². The Hall–Kier alpha value is -0.970. The highest BCUT2D eigenvalue weighted by Crippen LogP contribution is 2.13. The molecule has 0 heterocycles. The summed E-state index contributed by atoms with van der Waals surface area (Å²) >= 11 is 0. The van der Waals surface area contributed by atoms with Crippen molar-refractivity contribution in [3.8, 4) is 0 Å². The van der Waals surface area contributed by atoms with Crippen molar-refractivity contribution in [3.05, 3.63) is 35.1 Å². The van der Waals surface area contributed by atoms with Crippen LogP contribution < -0.4 is 5.32 Å². The van der Waals surface area contributed by atoms with Gasteiger partial charge >= 0.3 is 0 Å². The molecule has 0 fully saturated rings. The molecule has 0 aliphatic rings. The second-order valence-electron chi connectivity index (χ2n) is 5.73.